The van der Waals surface area contributed by atoms with E-state index in [0.29, 0.717) is 11.1 Å². The van der Waals surface area contributed by atoms with Crippen LogP contribution in [0.5, 0.6) is 0 Å². The standard InChI is InChI=1S/C22H15NO3/c23-14-16-5-4-8-20(13-16)22(25)26-15-21(24)19-11-9-18(10-12-19)17-6-2-1-3-7-17/h1-13H,15H2. The first-order valence-corrected chi connectivity index (χ1v) is 8.03. The molecule has 3 aromatic carbocycles. The van der Waals surface area contributed by atoms with Crippen molar-refractivity contribution in [3.8, 4) is 17.2 Å². The first-order valence-electron chi connectivity index (χ1n) is 8.03. The van der Waals surface area contributed by atoms with Gasteiger partial charge >= 0.3 is 5.97 Å². The fourth-order valence-electron chi connectivity index (χ4n) is 2.49. The maximum absolute atomic E-state index is 12.2. The van der Waals surface area contributed by atoms with E-state index < -0.39 is 5.97 Å². The molecule has 4 heteroatoms. The van der Waals surface area contributed by atoms with Crippen LogP contribution in [0.25, 0.3) is 11.1 Å². The highest BCUT2D eigenvalue weighted by molar-refractivity contribution is 5.99. The summed E-state index contributed by atoms with van der Waals surface area (Å²) >= 11 is 0. The Bertz CT molecular complexity index is 970. The van der Waals surface area contributed by atoms with E-state index in [1.807, 2.05) is 48.5 Å². The van der Waals surface area contributed by atoms with Gasteiger partial charge in [0, 0.05) is 5.56 Å². The third-order valence-corrected chi connectivity index (χ3v) is 3.88. The van der Waals surface area contributed by atoms with Crippen molar-refractivity contribution >= 4 is 11.8 Å². The average Bonchev–Trinajstić information content (AvgIpc) is 2.72. The van der Waals surface area contributed by atoms with Gasteiger partial charge in [-0.25, -0.2) is 4.79 Å². The smallest absolute Gasteiger partial charge is 0.338 e. The molecule has 0 bridgehead atoms. The first kappa shape index (κ1) is 17.1. The number of ketones is 1. The number of Topliss-reactive ketones (excluding diaryl/α,β-unsaturated/α-hetero) is 1. The highest BCUT2D eigenvalue weighted by Gasteiger charge is 2.12. The first-order chi connectivity index (χ1) is 12.7. The normalized spacial score (nSPS) is 9.96. The van der Waals surface area contributed by atoms with Crippen molar-refractivity contribution in [1.29, 1.82) is 5.26 Å². The van der Waals surface area contributed by atoms with Gasteiger partial charge < -0.3 is 4.74 Å². The molecule has 0 heterocycles. The van der Waals surface area contributed by atoms with Crippen molar-refractivity contribution in [1.82, 2.24) is 0 Å². The minimum atomic E-state index is -0.628. The number of rotatable bonds is 5. The monoisotopic (exact) mass is 341 g/mol. The molecule has 26 heavy (non-hydrogen) atoms. The van der Waals surface area contributed by atoms with Crippen LogP contribution in [-0.2, 0) is 4.74 Å². The summed E-state index contributed by atoms with van der Waals surface area (Å²) in [6, 6.07) is 25.1. The third-order valence-electron chi connectivity index (χ3n) is 3.88. The molecule has 0 aliphatic rings. The van der Waals surface area contributed by atoms with Gasteiger partial charge in [-0.3, -0.25) is 4.79 Å². The fraction of sp³-hybridized carbons (Fsp3) is 0.0455. The van der Waals surface area contributed by atoms with E-state index in [9.17, 15) is 9.59 Å². The summed E-state index contributed by atoms with van der Waals surface area (Å²) < 4.78 is 5.06. The molecule has 0 spiro atoms. The minimum absolute atomic E-state index is 0.247. The number of nitriles is 1. The van der Waals surface area contributed by atoms with Crippen LogP contribution in [0.3, 0.4) is 0 Å². The zero-order chi connectivity index (χ0) is 18.4. The molecule has 0 unspecified atom stereocenters. The van der Waals surface area contributed by atoms with Crippen molar-refractivity contribution in [2.75, 3.05) is 6.61 Å². The maximum Gasteiger partial charge on any atom is 0.338 e. The number of carbonyl (C=O) groups is 2. The van der Waals surface area contributed by atoms with Gasteiger partial charge in [0.05, 0.1) is 17.2 Å². The van der Waals surface area contributed by atoms with Gasteiger partial charge in [0.15, 0.2) is 12.4 Å². The Hall–Kier alpha value is -3.71. The van der Waals surface area contributed by atoms with Gasteiger partial charge in [0.1, 0.15) is 0 Å². The molecule has 0 aliphatic heterocycles. The number of hydrogen-bond donors (Lipinski definition) is 0. The molecular formula is C22H15NO3. The van der Waals surface area contributed by atoms with Crippen LogP contribution in [-0.4, -0.2) is 18.4 Å². The van der Waals surface area contributed by atoms with Crippen molar-refractivity contribution in [3.05, 3.63) is 95.6 Å². The molecule has 3 aromatic rings. The number of nitrogens with zero attached hydrogens (tertiary/aromatic N) is 1. The Kier molecular flexibility index (Phi) is 5.21. The highest BCUT2D eigenvalue weighted by atomic mass is 16.5. The summed E-state index contributed by atoms with van der Waals surface area (Å²) in [7, 11) is 0. The Labute approximate surface area is 151 Å². The van der Waals surface area contributed by atoms with E-state index in [1.54, 1.807) is 30.3 Å². The predicted octanol–water partition coefficient (Wildman–Crippen LogP) is 4.26. The zero-order valence-corrected chi connectivity index (χ0v) is 13.9. The molecule has 0 saturated carbocycles. The van der Waals surface area contributed by atoms with E-state index in [-0.39, 0.29) is 18.0 Å². The number of carbonyl (C=O) groups excluding carboxylic acids is 2. The van der Waals surface area contributed by atoms with E-state index >= 15 is 0 Å². The quantitative estimate of drug-likeness (QED) is 0.513. The summed E-state index contributed by atoms with van der Waals surface area (Å²) in [6.07, 6.45) is 0. The van der Waals surface area contributed by atoms with Crippen LogP contribution >= 0.6 is 0 Å². The fourth-order valence-corrected chi connectivity index (χ4v) is 2.49. The largest absolute Gasteiger partial charge is 0.454 e. The maximum atomic E-state index is 12.2. The predicted molar refractivity (Wildman–Crippen MR) is 97.6 cm³/mol. The van der Waals surface area contributed by atoms with Gasteiger partial charge in [0.2, 0.25) is 0 Å². The second-order valence-corrected chi connectivity index (χ2v) is 5.64. The molecule has 0 aromatic heterocycles. The summed E-state index contributed by atoms with van der Waals surface area (Å²) in [5.74, 6) is -0.911. The Balaban J connectivity index is 1.63. The van der Waals surface area contributed by atoms with E-state index in [1.165, 1.54) is 6.07 Å². The van der Waals surface area contributed by atoms with Crippen molar-refractivity contribution in [2.45, 2.75) is 0 Å². The minimum Gasteiger partial charge on any atom is -0.454 e. The molecule has 0 saturated heterocycles. The highest BCUT2D eigenvalue weighted by Crippen LogP contribution is 2.19. The third kappa shape index (κ3) is 4.03. The summed E-state index contributed by atoms with van der Waals surface area (Å²) in [5.41, 5.74) is 3.16. The van der Waals surface area contributed by atoms with E-state index in [2.05, 4.69) is 0 Å². The molecular weight excluding hydrogens is 326 g/mol. The number of hydrogen-bond acceptors (Lipinski definition) is 4. The van der Waals surface area contributed by atoms with Crippen LogP contribution < -0.4 is 0 Å². The molecule has 3 rings (SSSR count). The lowest BCUT2D eigenvalue weighted by molar-refractivity contribution is 0.0474. The Morgan fingerprint density at radius 2 is 1.50 bits per heavy atom. The van der Waals surface area contributed by atoms with Gasteiger partial charge in [-0.15, -0.1) is 0 Å². The molecule has 0 atom stereocenters. The lowest BCUT2D eigenvalue weighted by Crippen LogP contribution is -2.14. The van der Waals surface area contributed by atoms with Crippen LogP contribution in [0.1, 0.15) is 26.3 Å². The van der Waals surface area contributed by atoms with Crippen molar-refractivity contribution < 1.29 is 14.3 Å². The van der Waals surface area contributed by atoms with Gasteiger partial charge in [0.25, 0.3) is 0 Å². The number of benzene rings is 3. The van der Waals surface area contributed by atoms with Gasteiger partial charge in [-0.05, 0) is 29.3 Å². The molecule has 0 fully saturated rings. The lowest BCUT2D eigenvalue weighted by atomic mass is 10.0. The number of esters is 1. The van der Waals surface area contributed by atoms with Crippen LogP contribution in [0.2, 0.25) is 0 Å². The van der Waals surface area contributed by atoms with Crippen molar-refractivity contribution in [2.24, 2.45) is 0 Å². The molecule has 0 amide bonds. The Morgan fingerprint density at radius 3 is 2.19 bits per heavy atom. The van der Waals surface area contributed by atoms with Crippen LogP contribution in [0.4, 0.5) is 0 Å². The van der Waals surface area contributed by atoms with E-state index in [0.717, 1.165) is 11.1 Å². The molecule has 126 valence electrons. The molecule has 0 radical (unpaired) electrons. The SMILES string of the molecule is N#Cc1cccc(C(=O)OCC(=O)c2ccc(-c3ccccc3)cc2)c1. The second-order valence-electron chi connectivity index (χ2n) is 5.64. The van der Waals surface area contributed by atoms with Crippen LogP contribution in [0, 0.1) is 11.3 Å². The van der Waals surface area contributed by atoms with Gasteiger partial charge in [-0.2, -0.15) is 5.26 Å². The number of ether oxygens (including phenoxy) is 1. The van der Waals surface area contributed by atoms with Gasteiger partial charge in [-0.1, -0.05) is 60.7 Å². The molecule has 4 nitrogen and oxygen atoms in total. The topological polar surface area (TPSA) is 67.2 Å². The van der Waals surface area contributed by atoms with Crippen molar-refractivity contribution in [3.63, 3.8) is 0 Å². The van der Waals surface area contributed by atoms with E-state index in [4.69, 9.17) is 10.00 Å². The average molecular weight is 341 g/mol. The Morgan fingerprint density at radius 1 is 0.808 bits per heavy atom. The lowest BCUT2D eigenvalue weighted by Gasteiger charge is -2.06. The molecule has 0 aliphatic carbocycles. The molecule has 0 N–H and O–H groups in total. The zero-order valence-electron chi connectivity index (χ0n) is 13.9. The van der Waals surface area contributed by atoms with Crippen LogP contribution in [0.15, 0.2) is 78.9 Å². The summed E-state index contributed by atoms with van der Waals surface area (Å²) in [5, 5.41) is 8.86. The summed E-state index contributed by atoms with van der Waals surface area (Å²) in [4.78, 5) is 24.2. The summed E-state index contributed by atoms with van der Waals surface area (Å²) in [6.45, 7) is -0.347. The second kappa shape index (κ2) is 7.91.